The van der Waals surface area contributed by atoms with Crippen molar-refractivity contribution in [1.29, 1.82) is 0 Å². The van der Waals surface area contributed by atoms with Gasteiger partial charge in [0.25, 0.3) is 10.1 Å². The number of fused-ring (bicyclic) bond motifs is 1. The van der Waals surface area contributed by atoms with E-state index in [-0.39, 0.29) is 30.1 Å². The Morgan fingerprint density at radius 2 is 1.91 bits per heavy atom. The molecule has 0 spiro atoms. The molecule has 0 bridgehead atoms. The molecule has 4 atom stereocenters. The van der Waals surface area contributed by atoms with Gasteiger partial charge in [-0.15, -0.1) is 0 Å². The van der Waals surface area contributed by atoms with Crippen LogP contribution >= 0.6 is 0 Å². The number of hydrogen-bond donors (Lipinski definition) is 2. The minimum absolute atomic E-state index is 0.0135. The van der Waals surface area contributed by atoms with E-state index in [1.54, 1.807) is 32.9 Å². The summed E-state index contributed by atoms with van der Waals surface area (Å²) in [7, 11) is -4.38. The van der Waals surface area contributed by atoms with E-state index < -0.39 is 45.1 Å². The average Bonchev–Trinajstić information content (AvgIpc) is 3.03. The lowest BCUT2D eigenvalue weighted by molar-refractivity contribution is 0.0518. The number of amides is 2. The highest BCUT2D eigenvalue weighted by Gasteiger charge is 2.57. The highest BCUT2D eigenvalue weighted by molar-refractivity contribution is 7.86. The van der Waals surface area contributed by atoms with Crippen molar-refractivity contribution in [3.8, 4) is 0 Å². The van der Waals surface area contributed by atoms with Gasteiger partial charge >= 0.3 is 12.2 Å². The molecule has 0 unspecified atom stereocenters. The zero-order chi connectivity index (χ0) is 24.3. The summed E-state index contributed by atoms with van der Waals surface area (Å²) in [6.07, 6.45) is -2.32. The Morgan fingerprint density at radius 3 is 2.45 bits per heavy atom. The van der Waals surface area contributed by atoms with Crippen molar-refractivity contribution in [2.75, 3.05) is 29.4 Å². The van der Waals surface area contributed by atoms with Gasteiger partial charge in [0.1, 0.15) is 22.8 Å². The van der Waals surface area contributed by atoms with Crippen LogP contribution in [0.2, 0.25) is 0 Å². The highest BCUT2D eigenvalue weighted by atomic mass is 32.2. The second kappa shape index (κ2) is 8.01. The minimum Gasteiger partial charge on any atom is -0.444 e. The number of cyclic esters (lactones) is 1. The van der Waals surface area contributed by atoms with Gasteiger partial charge in [-0.2, -0.15) is 8.42 Å². The van der Waals surface area contributed by atoms with Gasteiger partial charge in [-0.3, -0.25) is 9.45 Å². The largest absolute Gasteiger partial charge is 0.444 e. The third kappa shape index (κ3) is 4.86. The van der Waals surface area contributed by atoms with Gasteiger partial charge in [0.05, 0.1) is 17.9 Å². The van der Waals surface area contributed by atoms with Crippen LogP contribution in [0.3, 0.4) is 0 Å². The van der Waals surface area contributed by atoms with Crippen molar-refractivity contribution in [2.24, 2.45) is 11.8 Å². The lowest BCUT2D eigenvalue weighted by atomic mass is 10.2. The summed E-state index contributed by atoms with van der Waals surface area (Å²) >= 11 is 0. The van der Waals surface area contributed by atoms with Crippen LogP contribution in [-0.4, -0.2) is 67.8 Å². The maximum absolute atomic E-state index is 14.9. The van der Waals surface area contributed by atoms with Gasteiger partial charge in [0.2, 0.25) is 0 Å². The molecule has 0 aromatic heterocycles. The van der Waals surface area contributed by atoms with Gasteiger partial charge in [0.15, 0.2) is 0 Å². The molecule has 0 radical (unpaired) electrons. The number of benzene rings is 1. The van der Waals surface area contributed by atoms with Crippen molar-refractivity contribution in [1.82, 2.24) is 5.32 Å². The fourth-order valence-electron chi connectivity index (χ4n) is 4.43. The first kappa shape index (κ1) is 23.6. The first-order valence-electron chi connectivity index (χ1n) is 10.7. The molecule has 2 saturated heterocycles. The first-order chi connectivity index (χ1) is 15.2. The fraction of sp³-hybridized carbons (Fsp3) is 0.619. The van der Waals surface area contributed by atoms with Crippen LogP contribution in [-0.2, 0) is 19.6 Å². The molecule has 182 valence electrons. The molecule has 4 rings (SSSR count). The number of nitrogens with one attached hydrogen (secondary N) is 1. The van der Waals surface area contributed by atoms with Crippen molar-refractivity contribution < 1.29 is 36.4 Å². The molecule has 12 heteroatoms. The molecule has 2 aliphatic heterocycles. The molecule has 1 aromatic carbocycles. The van der Waals surface area contributed by atoms with Crippen LogP contribution in [0.1, 0.15) is 27.7 Å². The maximum Gasteiger partial charge on any atom is 0.414 e. The molecule has 1 aromatic rings. The summed E-state index contributed by atoms with van der Waals surface area (Å²) in [5.74, 6) is -0.0924. The van der Waals surface area contributed by atoms with Crippen molar-refractivity contribution in [2.45, 2.75) is 50.7 Å². The Balaban J connectivity index is 1.36. The molecule has 33 heavy (non-hydrogen) atoms. The fourth-order valence-corrected chi connectivity index (χ4v) is 4.96. The van der Waals surface area contributed by atoms with Gasteiger partial charge in [-0.25, -0.2) is 14.0 Å². The third-order valence-electron chi connectivity index (χ3n) is 6.29. The van der Waals surface area contributed by atoms with E-state index in [2.05, 4.69) is 5.32 Å². The Hall–Kier alpha value is -2.60. The molecule has 3 fully saturated rings. The first-order valence-corrected chi connectivity index (χ1v) is 12.2. The van der Waals surface area contributed by atoms with Crippen LogP contribution < -0.4 is 15.1 Å². The van der Waals surface area contributed by atoms with Crippen LogP contribution in [0.25, 0.3) is 0 Å². The average molecular weight is 486 g/mol. The molecular formula is C21H28FN3O7S. The Morgan fingerprint density at radius 1 is 1.27 bits per heavy atom. The second-order valence-electron chi connectivity index (χ2n) is 9.79. The van der Waals surface area contributed by atoms with E-state index in [1.807, 2.05) is 4.90 Å². The Bertz CT molecular complexity index is 1060. The van der Waals surface area contributed by atoms with Crippen LogP contribution in [0.15, 0.2) is 18.2 Å². The normalized spacial score (nSPS) is 27.8. The van der Waals surface area contributed by atoms with E-state index >= 15 is 0 Å². The summed E-state index contributed by atoms with van der Waals surface area (Å²) < 4.78 is 57.1. The summed E-state index contributed by atoms with van der Waals surface area (Å²) in [6.45, 7) is 7.68. The lowest BCUT2D eigenvalue weighted by Gasteiger charge is -2.25. The van der Waals surface area contributed by atoms with Crippen LogP contribution in [0.4, 0.5) is 25.4 Å². The second-order valence-corrected chi connectivity index (χ2v) is 11.6. The number of piperidine rings is 1. The minimum atomic E-state index is -4.38. The molecule has 3 aliphatic rings. The van der Waals surface area contributed by atoms with E-state index in [0.717, 1.165) is 4.90 Å². The molecule has 10 nitrogen and oxygen atoms in total. The van der Waals surface area contributed by atoms with Crippen LogP contribution in [0, 0.1) is 17.7 Å². The molecule has 2 heterocycles. The standard InChI is InChI=1S/C21H28FN3O7S/c1-11(33(28,29)30)17-10-25(20(27)31-17)12-5-6-16(15(22)7-12)24-8-13-14(9-24)18(13)23-19(26)32-21(2,3)4/h5-7,11,13-14,17-18H,8-10H2,1-4H3,(H,23,26)(H,28,29,30)/t11-,13+,14+,17-/m1/s1. The number of halogens is 1. The van der Waals surface area contributed by atoms with Crippen molar-refractivity contribution >= 4 is 33.7 Å². The van der Waals surface area contributed by atoms with E-state index in [9.17, 15) is 27.0 Å². The quantitative estimate of drug-likeness (QED) is 0.609. The van der Waals surface area contributed by atoms with Crippen LogP contribution in [0.5, 0.6) is 0 Å². The number of hydrogen-bond acceptors (Lipinski definition) is 7. The monoisotopic (exact) mass is 485 g/mol. The number of carbonyl (C=O) groups is 2. The molecule has 2 N–H and O–H groups in total. The van der Waals surface area contributed by atoms with Crippen molar-refractivity contribution in [3.05, 3.63) is 24.0 Å². The molecule has 1 saturated carbocycles. The summed E-state index contributed by atoms with van der Waals surface area (Å²) in [5.41, 5.74) is 0.0504. The smallest absolute Gasteiger partial charge is 0.414 e. The SMILES string of the molecule is C[C@H]([C@H]1CN(c2ccc(N3C[C@@H]4C(NC(=O)OC(C)(C)C)[C@H]4C3)c(F)c2)C(=O)O1)S(=O)(=O)O. The Labute approximate surface area is 191 Å². The zero-order valence-corrected chi connectivity index (χ0v) is 19.6. The lowest BCUT2D eigenvalue weighted by Crippen LogP contribution is -2.38. The van der Waals surface area contributed by atoms with Gasteiger partial charge in [-0.05, 0) is 45.9 Å². The summed E-state index contributed by atoms with van der Waals surface area (Å²) in [5, 5.41) is 1.58. The summed E-state index contributed by atoms with van der Waals surface area (Å²) in [6, 6.07) is 4.36. The number of nitrogens with zero attached hydrogens (tertiary/aromatic N) is 2. The molecular weight excluding hydrogens is 457 g/mol. The Kier molecular flexibility index (Phi) is 5.72. The molecule has 2 amide bonds. The van der Waals surface area contributed by atoms with Crippen molar-refractivity contribution in [3.63, 3.8) is 0 Å². The number of rotatable bonds is 5. The topological polar surface area (TPSA) is 125 Å². The van der Waals surface area contributed by atoms with Gasteiger partial charge < -0.3 is 19.7 Å². The van der Waals surface area contributed by atoms with E-state index in [1.165, 1.54) is 13.0 Å². The van der Waals surface area contributed by atoms with Gasteiger partial charge in [-0.1, -0.05) is 0 Å². The molecule has 1 aliphatic carbocycles. The predicted octanol–water partition coefficient (Wildman–Crippen LogP) is 2.39. The number of ether oxygens (including phenoxy) is 2. The summed E-state index contributed by atoms with van der Waals surface area (Å²) in [4.78, 5) is 27.2. The highest BCUT2D eigenvalue weighted by Crippen LogP contribution is 2.47. The van der Waals surface area contributed by atoms with Gasteiger partial charge in [0, 0.05) is 31.0 Å². The number of alkyl carbamates (subject to hydrolysis) is 1. The predicted molar refractivity (Wildman–Crippen MR) is 117 cm³/mol. The van der Waals surface area contributed by atoms with E-state index in [0.29, 0.717) is 18.8 Å². The third-order valence-corrected chi connectivity index (χ3v) is 7.53. The van der Waals surface area contributed by atoms with E-state index in [4.69, 9.17) is 9.47 Å². The number of anilines is 2. The number of carbonyl (C=O) groups excluding carboxylic acids is 2. The zero-order valence-electron chi connectivity index (χ0n) is 18.8. The maximum atomic E-state index is 14.9.